The van der Waals surface area contributed by atoms with Crippen molar-refractivity contribution in [3.63, 3.8) is 0 Å². The first kappa shape index (κ1) is 11.8. The summed E-state index contributed by atoms with van der Waals surface area (Å²) in [6.45, 7) is 0. The van der Waals surface area contributed by atoms with E-state index in [2.05, 4.69) is 10.3 Å². The SMILES string of the molecule is N#C/C(=C/NC(=S)c1ccncc1)C(N)=O. The summed E-state index contributed by atoms with van der Waals surface area (Å²) < 4.78 is 0. The minimum absolute atomic E-state index is 0.184. The molecule has 0 radical (unpaired) electrons. The topological polar surface area (TPSA) is 91.8 Å². The zero-order valence-electron chi connectivity index (χ0n) is 8.18. The lowest BCUT2D eigenvalue weighted by Gasteiger charge is -2.02. The third kappa shape index (κ3) is 3.15. The molecule has 1 amide bonds. The number of nitrogens with two attached hydrogens (primary N) is 1. The molecule has 3 N–H and O–H groups in total. The molecule has 1 rings (SSSR count). The van der Waals surface area contributed by atoms with Crippen LogP contribution in [0.5, 0.6) is 0 Å². The normalized spacial score (nSPS) is 10.3. The van der Waals surface area contributed by atoms with Crippen molar-refractivity contribution < 1.29 is 4.79 Å². The fourth-order valence-corrected chi connectivity index (χ4v) is 1.08. The average molecular weight is 232 g/mol. The number of hydrogen-bond acceptors (Lipinski definition) is 4. The molecule has 0 saturated heterocycles. The minimum Gasteiger partial charge on any atom is -0.365 e. The van der Waals surface area contributed by atoms with Crippen LogP contribution in [-0.4, -0.2) is 15.9 Å². The number of nitrogens with zero attached hydrogens (tertiary/aromatic N) is 2. The molecule has 0 saturated carbocycles. The third-order valence-electron chi connectivity index (χ3n) is 1.68. The van der Waals surface area contributed by atoms with Gasteiger partial charge >= 0.3 is 0 Å². The van der Waals surface area contributed by atoms with Crippen molar-refractivity contribution in [1.82, 2.24) is 10.3 Å². The Labute approximate surface area is 97.6 Å². The van der Waals surface area contributed by atoms with E-state index in [0.717, 1.165) is 5.56 Å². The summed E-state index contributed by atoms with van der Waals surface area (Å²) in [5, 5.41) is 11.2. The Hall–Kier alpha value is -2.26. The number of rotatable bonds is 3. The predicted octanol–water partition coefficient (Wildman–Crippen LogP) is 0.239. The molecule has 1 heterocycles. The van der Waals surface area contributed by atoms with E-state index in [0.29, 0.717) is 4.99 Å². The Morgan fingerprint density at radius 1 is 1.56 bits per heavy atom. The van der Waals surface area contributed by atoms with E-state index in [1.165, 1.54) is 6.20 Å². The quantitative estimate of drug-likeness (QED) is 0.442. The molecule has 0 aliphatic carbocycles. The lowest BCUT2D eigenvalue weighted by molar-refractivity contribution is -0.114. The maximum atomic E-state index is 10.7. The van der Waals surface area contributed by atoms with Crippen LogP contribution in [0.25, 0.3) is 0 Å². The van der Waals surface area contributed by atoms with Crippen molar-refractivity contribution >= 4 is 23.1 Å². The first-order chi connectivity index (χ1) is 7.65. The van der Waals surface area contributed by atoms with Crippen molar-refractivity contribution in [3.05, 3.63) is 41.9 Å². The second-order valence-electron chi connectivity index (χ2n) is 2.74. The van der Waals surface area contributed by atoms with Gasteiger partial charge in [-0.2, -0.15) is 5.26 Å². The van der Waals surface area contributed by atoms with Gasteiger partial charge in [-0.05, 0) is 12.1 Å². The standard InChI is InChI=1S/C10H8N4OS/c11-5-8(9(12)15)6-14-10(16)7-1-3-13-4-2-7/h1-4,6H,(H2,12,15)(H,14,16)/b8-6-. The zero-order valence-corrected chi connectivity index (χ0v) is 8.99. The number of carbonyl (C=O) groups is 1. The van der Waals surface area contributed by atoms with Gasteiger partial charge in [-0.3, -0.25) is 9.78 Å². The molecule has 6 heteroatoms. The molecule has 1 aromatic heterocycles. The van der Waals surface area contributed by atoms with Crippen molar-refractivity contribution in [2.75, 3.05) is 0 Å². The van der Waals surface area contributed by atoms with Gasteiger partial charge in [0.25, 0.3) is 5.91 Å². The second kappa shape index (κ2) is 5.58. The molecule has 0 atom stereocenters. The van der Waals surface area contributed by atoms with Crippen LogP contribution in [0.1, 0.15) is 5.56 Å². The molecule has 1 aromatic rings. The van der Waals surface area contributed by atoms with Gasteiger partial charge in [-0.1, -0.05) is 12.2 Å². The van der Waals surface area contributed by atoms with Gasteiger partial charge in [-0.15, -0.1) is 0 Å². The van der Waals surface area contributed by atoms with Crippen molar-refractivity contribution in [2.24, 2.45) is 5.73 Å². The number of hydrogen-bond donors (Lipinski definition) is 2. The molecule has 0 aromatic carbocycles. The highest BCUT2D eigenvalue weighted by Crippen LogP contribution is 1.98. The maximum absolute atomic E-state index is 10.7. The number of thiocarbonyl (C=S) groups is 1. The van der Waals surface area contributed by atoms with Crippen LogP contribution in [0, 0.1) is 11.3 Å². The van der Waals surface area contributed by atoms with E-state index in [4.69, 9.17) is 23.2 Å². The lowest BCUT2D eigenvalue weighted by Crippen LogP contribution is -2.20. The molecule has 80 valence electrons. The number of nitrogens with one attached hydrogen (secondary N) is 1. The highest BCUT2D eigenvalue weighted by molar-refractivity contribution is 7.80. The summed E-state index contributed by atoms with van der Waals surface area (Å²) in [6.07, 6.45) is 4.36. The van der Waals surface area contributed by atoms with Crippen LogP contribution in [0.3, 0.4) is 0 Å². The van der Waals surface area contributed by atoms with Crippen LogP contribution in [0.4, 0.5) is 0 Å². The highest BCUT2D eigenvalue weighted by Gasteiger charge is 2.03. The molecule has 5 nitrogen and oxygen atoms in total. The zero-order chi connectivity index (χ0) is 12.0. The first-order valence-corrected chi connectivity index (χ1v) is 4.67. The van der Waals surface area contributed by atoms with Gasteiger partial charge in [0.2, 0.25) is 0 Å². The molecular weight excluding hydrogens is 224 g/mol. The van der Waals surface area contributed by atoms with Gasteiger partial charge < -0.3 is 11.1 Å². The number of aromatic nitrogens is 1. The Kier molecular flexibility index (Phi) is 4.12. The van der Waals surface area contributed by atoms with Crippen molar-refractivity contribution in [3.8, 4) is 6.07 Å². The summed E-state index contributed by atoms with van der Waals surface area (Å²) in [6, 6.07) is 5.08. The third-order valence-corrected chi connectivity index (χ3v) is 2.03. The molecule has 0 spiro atoms. The summed E-state index contributed by atoms with van der Waals surface area (Å²) >= 11 is 5.03. The van der Waals surface area contributed by atoms with Gasteiger partial charge in [0.05, 0.1) is 0 Å². The van der Waals surface area contributed by atoms with E-state index in [1.807, 2.05) is 0 Å². The van der Waals surface area contributed by atoms with Crippen molar-refractivity contribution in [1.29, 1.82) is 5.26 Å². The fourth-order valence-electron chi connectivity index (χ4n) is 0.883. The molecule has 0 aliphatic heterocycles. The molecule has 16 heavy (non-hydrogen) atoms. The van der Waals surface area contributed by atoms with Crippen LogP contribution in [0.2, 0.25) is 0 Å². The molecule has 0 unspecified atom stereocenters. The number of nitriles is 1. The van der Waals surface area contributed by atoms with E-state index in [1.54, 1.807) is 30.6 Å². The van der Waals surface area contributed by atoms with E-state index < -0.39 is 5.91 Å². The second-order valence-corrected chi connectivity index (χ2v) is 3.15. The Morgan fingerprint density at radius 2 is 2.19 bits per heavy atom. The van der Waals surface area contributed by atoms with E-state index in [9.17, 15) is 4.79 Å². The van der Waals surface area contributed by atoms with Gasteiger partial charge in [-0.25, -0.2) is 0 Å². The molecule has 0 fully saturated rings. The van der Waals surface area contributed by atoms with E-state index in [-0.39, 0.29) is 5.57 Å². The highest BCUT2D eigenvalue weighted by atomic mass is 32.1. The van der Waals surface area contributed by atoms with Crippen molar-refractivity contribution in [2.45, 2.75) is 0 Å². The van der Waals surface area contributed by atoms with Crippen LogP contribution >= 0.6 is 12.2 Å². The predicted molar refractivity (Wildman–Crippen MR) is 62.0 cm³/mol. The smallest absolute Gasteiger partial charge is 0.260 e. The Balaban J connectivity index is 2.74. The summed E-state index contributed by atoms with van der Waals surface area (Å²) in [4.78, 5) is 14.9. The average Bonchev–Trinajstić information content (AvgIpc) is 2.30. The summed E-state index contributed by atoms with van der Waals surface area (Å²) in [7, 11) is 0. The Morgan fingerprint density at radius 3 is 2.69 bits per heavy atom. The number of amides is 1. The van der Waals surface area contributed by atoms with Crippen LogP contribution < -0.4 is 11.1 Å². The molecular formula is C10H8N4OS. The number of pyridine rings is 1. The van der Waals surface area contributed by atoms with Gasteiger partial charge in [0.15, 0.2) is 0 Å². The van der Waals surface area contributed by atoms with Gasteiger partial charge in [0.1, 0.15) is 16.6 Å². The Bertz CT molecular complexity index is 475. The van der Waals surface area contributed by atoms with Crippen LogP contribution in [-0.2, 0) is 4.79 Å². The summed E-state index contributed by atoms with van der Waals surface area (Å²) in [5.41, 5.74) is 5.50. The largest absolute Gasteiger partial charge is 0.365 e. The number of carbonyl (C=O) groups excluding carboxylic acids is 1. The monoisotopic (exact) mass is 232 g/mol. The maximum Gasteiger partial charge on any atom is 0.260 e. The van der Waals surface area contributed by atoms with Crippen LogP contribution in [0.15, 0.2) is 36.3 Å². The summed E-state index contributed by atoms with van der Waals surface area (Å²) in [5.74, 6) is -0.799. The lowest BCUT2D eigenvalue weighted by atomic mass is 10.2. The molecule has 0 bridgehead atoms. The minimum atomic E-state index is -0.799. The first-order valence-electron chi connectivity index (χ1n) is 4.26. The number of primary amides is 1. The molecule has 0 aliphatic rings. The van der Waals surface area contributed by atoms with Gasteiger partial charge in [0, 0.05) is 24.2 Å². The van der Waals surface area contributed by atoms with E-state index >= 15 is 0 Å². The fraction of sp³-hybridized carbons (Fsp3) is 0.